The Morgan fingerprint density at radius 2 is 1.74 bits per heavy atom. The number of hydrogen-bond acceptors (Lipinski definition) is 3. The minimum Gasteiger partial charge on any atom is -0.479 e. The van der Waals surface area contributed by atoms with Gasteiger partial charge >= 0.3 is 5.97 Å². The molecule has 1 aliphatic heterocycles. The molecule has 1 saturated heterocycles. The molecule has 108 valence electrons. The van der Waals surface area contributed by atoms with Crippen molar-refractivity contribution in [1.82, 2.24) is 5.32 Å². The van der Waals surface area contributed by atoms with E-state index < -0.39 is 18.2 Å². The molecule has 0 radical (unpaired) electrons. The number of hydrogen-bond donors (Lipinski definition) is 2. The average molecular weight is 269 g/mol. The highest BCUT2D eigenvalue weighted by Crippen LogP contribution is 2.26. The van der Waals surface area contributed by atoms with Crippen molar-refractivity contribution in [2.45, 2.75) is 63.6 Å². The quantitative estimate of drug-likeness (QED) is 0.796. The predicted molar refractivity (Wildman–Crippen MR) is 69.7 cm³/mol. The van der Waals surface area contributed by atoms with Crippen LogP contribution in [0.3, 0.4) is 0 Å². The summed E-state index contributed by atoms with van der Waals surface area (Å²) in [6, 6.07) is 0. The van der Waals surface area contributed by atoms with Gasteiger partial charge in [0.15, 0.2) is 6.10 Å². The van der Waals surface area contributed by atoms with E-state index in [1.807, 2.05) is 0 Å². The fourth-order valence-electron chi connectivity index (χ4n) is 3.00. The number of carbonyl (C=O) groups is 2. The minimum absolute atomic E-state index is 0.153. The molecule has 0 aromatic carbocycles. The van der Waals surface area contributed by atoms with Gasteiger partial charge in [-0.3, -0.25) is 4.79 Å². The van der Waals surface area contributed by atoms with Gasteiger partial charge in [0.1, 0.15) is 6.10 Å². The Bertz CT molecular complexity index is 325. The third-order valence-electron chi connectivity index (χ3n) is 4.16. The number of ether oxygens (including phenoxy) is 1. The largest absolute Gasteiger partial charge is 0.479 e. The highest BCUT2D eigenvalue weighted by atomic mass is 16.5. The lowest BCUT2D eigenvalue weighted by Crippen LogP contribution is -2.36. The standard InChI is InChI=1S/C14H23NO4/c16-13(11-6-7-12(19-11)14(17)18)15-9-8-10-4-2-1-3-5-10/h10-12H,1-9H2,(H,15,16)(H,17,18)/t11-,12+/m0/s1. The summed E-state index contributed by atoms with van der Waals surface area (Å²) in [5.74, 6) is -0.387. The van der Waals surface area contributed by atoms with E-state index in [0.717, 1.165) is 12.3 Å². The van der Waals surface area contributed by atoms with Gasteiger partial charge in [-0.1, -0.05) is 32.1 Å². The van der Waals surface area contributed by atoms with Gasteiger partial charge in [-0.2, -0.15) is 0 Å². The van der Waals surface area contributed by atoms with Crippen LogP contribution in [0.25, 0.3) is 0 Å². The molecule has 5 heteroatoms. The topological polar surface area (TPSA) is 75.6 Å². The summed E-state index contributed by atoms with van der Waals surface area (Å²) >= 11 is 0. The zero-order valence-corrected chi connectivity index (χ0v) is 11.3. The van der Waals surface area contributed by atoms with E-state index in [2.05, 4.69) is 5.32 Å². The maximum absolute atomic E-state index is 11.8. The van der Waals surface area contributed by atoms with E-state index >= 15 is 0 Å². The molecule has 0 unspecified atom stereocenters. The van der Waals surface area contributed by atoms with Crippen LogP contribution in [0.15, 0.2) is 0 Å². The first kappa shape index (κ1) is 14.3. The molecule has 1 heterocycles. The summed E-state index contributed by atoms with van der Waals surface area (Å²) in [7, 11) is 0. The molecule has 1 aliphatic carbocycles. The molecular weight excluding hydrogens is 246 g/mol. The Hall–Kier alpha value is -1.10. The first-order valence-electron chi connectivity index (χ1n) is 7.33. The normalized spacial score (nSPS) is 28.2. The van der Waals surface area contributed by atoms with Crippen LogP contribution in [-0.2, 0) is 14.3 Å². The van der Waals surface area contributed by atoms with Crippen LogP contribution in [0.2, 0.25) is 0 Å². The summed E-state index contributed by atoms with van der Waals surface area (Å²) in [4.78, 5) is 22.6. The van der Waals surface area contributed by atoms with E-state index in [1.54, 1.807) is 0 Å². The molecule has 0 spiro atoms. The molecule has 2 atom stereocenters. The van der Waals surface area contributed by atoms with Gasteiger partial charge in [0.2, 0.25) is 5.91 Å². The van der Waals surface area contributed by atoms with E-state index in [9.17, 15) is 9.59 Å². The number of amides is 1. The van der Waals surface area contributed by atoms with Gasteiger partial charge in [0, 0.05) is 6.54 Å². The van der Waals surface area contributed by atoms with E-state index in [-0.39, 0.29) is 5.91 Å². The van der Waals surface area contributed by atoms with Crippen molar-refractivity contribution in [3.8, 4) is 0 Å². The van der Waals surface area contributed by atoms with E-state index in [4.69, 9.17) is 9.84 Å². The number of carbonyl (C=O) groups excluding carboxylic acids is 1. The predicted octanol–water partition coefficient (Wildman–Crippen LogP) is 1.71. The summed E-state index contributed by atoms with van der Waals surface area (Å²) in [5.41, 5.74) is 0. The molecule has 1 amide bonds. The van der Waals surface area contributed by atoms with Gasteiger partial charge in [-0.15, -0.1) is 0 Å². The number of carboxylic acid groups (broad SMARTS) is 1. The van der Waals surface area contributed by atoms with Crippen LogP contribution < -0.4 is 5.32 Å². The van der Waals surface area contributed by atoms with E-state index in [0.29, 0.717) is 19.4 Å². The zero-order chi connectivity index (χ0) is 13.7. The molecule has 2 rings (SSSR count). The Morgan fingerprint density at radius 1 is 1.05 bits per heavy atom. The molecule has 0 bridgehead atoms. The Balaban J connectivity index is 1.63. The van der Waals surface area contributed by atoms with Crippen LogP contribution >= 0.6 is 0 Å². The number of aliphatic carboxylic acids is 1. The van der Waals surface area contributed by atoms with Crippen molar-refractivity contribution in [3.63, 3.8) is 0 Å². The number of carboxylic acids is 1. The lowest BCUT2D eigenvalue weighted by molar-refractivity contribution is -0.151. The summed E-state index contributed by atoms with van der Waals surface area (Å²) in [6.07, 6.45) is 7.09. The molecule has 0 aromatic rings. The second kappa shape index (κ2) is 6.89. The third kappa shape index (κ3) is 4.20. The monoisotopic (exact) mass is 269 g/mol. The second-order valence-corrected chi connectivity index (χ2v) is 5.61. The van der Waals surface area contributed by atoms with Gasteiger partial charge in [0.25, 0.3) is 0 Å². The molecule has 5 nitrogen and oxygen atoms in total. The van der Waals surface area contributed by atoms with Crippen molar-refractivity contribution in [2.75, 3.05) is 6.54 Å². The van der Waals surface area contributed by atoms with Crippen LogP contribution in [0, 0.1) is 5.92 Å². The number of nitrogens with one attached hydrogen (secondary N) is 1. The van der Waals surface area contributed by atoms with Crippen molar-refractivity contribution in [3.05, 3.63) is 0 Å². The first-order valence-corrected chi connectivity index (χ1v) is 7.33. The number of rotatable bonds is 5. The van der Waals surface area contributed by atoms with Gasteiger partial charge < -0.3 is 15.2 Å². The summed E-state index contributed by atoms with van der Waals surface area (Å²) in [6.45, 7) is 0.682. The van der Waals surface area contributed by atoms with Crippen LogP contribution in [0.5, 0.6) is 0 Å². The second-order valence-electron chi connectivity index (χ2n) is 5.61. The minimum atomic E-state index is -0.975. The maximum Gasteiger partial charge on any atom is 0.332 e. The van der Waals surface area contributed by atoms with Crippen LogP contribution in [0.1, 0.15) is 51.4 Å². The highest BCUT2D eigenvalue weighted by molar-refractivity contribution is 5.82. The highest BCUT2D eigenvalue weighted by Gasteiger charge is 2.34. The van der Waals surface area contributed by atoms with Crippen molar-refractivity contribution in [1.29, 1.82) is 0 Å². The van der Waals surface area contributed by atoms with Gasteiger partial charge in [-0.05, 0) is 25.2 Å². The Labute approximate surface area is 113 Å². The third-order valence-corrected chi connectivity index (χ3v) is 4.16. The molecule has 2 fully saturated rings. The van der Waals surface area contributed by atoms with Crippen molar-refractivity contribution < 1.29 is 19.4 Å². The van der Waals surface area contributed by atoms with Crippen LogP contribution in [-0.4, -0.2) is 35.7 Å². The van der Waals surface area contributed by atoms with Crippen molar-refractivity contribution in [2.24, 2.45) is 5.92 Å². The molecule has 2 N–H and O–H groups in total. The first-order chi connectivity index (χ1) is 9.16. The lowest BCUT2D eigenvalue weighted by Gasteiger charge is -2.21. The zero-order valence-electron chi connectivity index (χ0n) is 11.3. The average Bonchev–Trinajstić information content (AvgIpc) is 2.89. The maximum atomic E-state index is 11.8. The SMILES string of the molecule is O=C(NCCC1CCCCC1)[C@@H]1CC[C@H](C(=O)O)O1. The molecule has 19 heavy (non-hydrogen) atoms. The van der Waals surface area contributed by atoms with E-state index in [1.165, 1.54) is 32.1 Å². The van der Waals surface area contributed by atoms with Crippen molar-refractivity contribution >= 4 is 11.9 Å². The fourth-order valence-corrected chi connectivity index (χ4v) is 3.00. The molecule has 0 aromatic heterocycles. The molecular formula is C14H23NO4. The van der Waals surface area contributed by atoms with Crippen LogP contribution in [0.4, 0.5) is 0 Å². The summed E-state index contributed by atoms with van der Waals surface area (Å²) < 4.78 is 5.22. The Kier molecular flexibility index (Phi) is 5.19. The summed E-state index contributed by atoms with van der Waals surface area (Å²) in [5, 5.41) is 11.7. The molecule has 1 saturated carbocycles. The smallest absolute Gasteiger partial charge is 0.332 e. The fraction of sp³-hybridized carbons (Fsp3) is 0.857. The van der Waals surface area contributed by atoms with Gasteiger partial charge in [-0.25, -0.2) is 4.79 Å². The Morgan fingerprint density at radius 3 is 2.37 bits per heavy atom. The van der Waals surface area contributed by atoms with Gasteiger partial charge in [0.05, 0.1) is 0 Å². The lowest BCUT2D eigenvalue weighted by atomic mass is 9.87. The molecule has 2 aliphatic rings.